The fourth-order valence-corrected chi connectivity index (χ4v) is 2.95. The van der Waals surface area contributed by atoms with E-state index in [4.69, 9.17) is 4.74 Å². The summed E-state index contributed by atoms with van der Waals surface area (Å²) in [6, 6.07) is 11.8. The van der Waals surface area contributed by atoms with Crippen molar-refractivity contribution in [1.82, 2.24) is 0 Å². The molecule has 1 fully saturated rings. The lowest BCUT2D eigenvalue weighted by molar-refractivity contribution is 0.0459. The third kappa shape index (κ3) is 2.49. The van der Waals surface area contributed by atoms with Crippen molar-refractivity contribution in [2.75, 3.05) is 6.61 Å². The van der Waals surface area contributed by atoms with E-state index in [0.717, 1.165) is 36.6 Å². The largest absolute Gasteiger partial charge is 0.508 e. The van der Waals surface area contributed by atoms with Crippen LogP contribution in [0, 0.1) is 0 Å². The minimum atomic E-state index is -0.244. The van der Waals surface area contributed by atoms with E-state index in [0.29, 0.717) is 5.75 Å². The average molecular weight is 266 g/mol. The van der Waals surface area contributed by atoms with Crippen LogP contribution in [0.4, 0.5) is 0 Å². The number of aromatic hydroxyl groups is 1. The molecule has 0 bridgehead atoms. The molecule has 1 aliphatic heterocycles. The second-order valence-corrected chi connectivity index (χ2v) is 5.41. The first kappa shape index (κ1) is 13.0. The van der Waals surface area contributed by atoms with Crippen LogP contribution < -0.4 is 0 Å². The zero-order valence-corrected chi connectivity index (χ0v) is 11.4. The van der Waals surface area contributed by atoms with Crippen LogP contribution in [0.25, 0.3) is 10.8 Å². The topological polar surface area (TPSA) is 29.5 Å². The van der Waals surface area contributed by atoms with Crippen LogP contribution in [-0.4, -0.2) is 17.3 Å². The highest BCUT2D eigenvalue weighted by Crippen LogP contribution is 2.32. The van der Waals surface area contributed by atoms with Gasteiger partial charge >= 0.3 is 0 Å². The minimum Gasteiger partial charge on any atom is -0.508 e. The lowest BCUT2D eigenvalue weighted by Crippen LogP contribution is -2.27. The molecule has 2 aromatic rings. The second-order valence-electron chi connectivity index (χ2n) is 5.41. The number of rotatable bonds is 3. The minimum absolute atomic E-state index is 0.244. The molecule has 0 saturated carbocycles. The first-order valence-electron chi connectivity index (χ1n) is 6.93. The van der Waals surface area contributed by atoms with Gasteiger partial charge in [-0.1, -0.05) is 30.8 Å². The molecule has 2 heteroatoms. The first-order chi connectivity index (χ1) is 9.71. The Bertz CT molecular complexity index is 675. The summed E-state index contributed by atoms with van der Waals surface area (Å²) in [7, 11) is 0. The standard InChI is InChI=1S/C18H18O2/c1-2-8-18(9-3-10-20-18)13-14-4-5-16-12-17(19)7-6-15(16)11-14/h4-8,11-12,19H,1,3,9-10,13H2. The molecule has 0 amide bonds. The lowest BCUT2D eigenvalue weighted by atomic mass is 9.90. The maximum absolute atomic E-state index is 9.50. The van der Waals surface area contributed by atoms with E-state index in [1.165, 1.54) is 5.56 Å². The Kier molecular flexibility index (Phi) is 3.35. The zero-order valence-electron chi connectivity index (χ0n) is 11.4. The normalized spacial score (nSPS) is 21.8. The molecule has 0 aromatic heterocycles. The summed E-state index contributed by atoms with van der Waals surface area (Å²) < 4.78 is 5.92. The SMILES string of the molecule is C=C=CC1(Cc2ccc3cc(O)ccc3c2)CCCO1. The van der Waals surface area contributed by atoms with E-state index in [1.807, 2.05) is 18.2 Å². The number of phenols is 1. The quantitative estimate of drug-likeness (QED) is 0.851. The molecule has 2 aromatic carbocycles. The highest BCUT2D eigenvalue weighted by atomic mass is 16.5. The average Bonchev–Trinajstić information content (AvgIpc) is 2.88. The molecule has 0 radical (unpaired) electrons. The highest BCUT2D eigenvalue weighted by Gasteiger charge is 2.32. The van der Waals surface area contributed by atoms with Gasteiger partial charge in [0.15, 0.2) is 0 Å². The Balaban J connectivity index is 1.94. The molecule has 0 spiro atoms. The van der Waals surface area contributed by atoms with Gasteiger partial charge in [-0.2, -0.15) is 0 Å². The van der Waals surface area contributed by atoms with Crippen LogP contribution in [0.15, 0.2) is 54.8 Å². The van der Waals surface area contributed by atoms with Crippen molar-refractivity contribution in [3.8, 4) is 5.75 Å². The molecular formula is C18H18O2. The highest BCUT2D eigenvalue weighted by molar-refractivity contribution is 5.84. The Morgan fingerprint density at radius 1 is 1.25 bits per heavy atom. The smallest absolute Gasteiger partial charge is 0.116 e. The van der Waals surface area contributed by atoms with Gasteiger partial charge in [-0.15, -0.1) is 5.73 Å². The van der Waals surface area contributed by atoms with Crippen molar-refractivity contribution in [2.45, 2.75) is 24.9 Å². The number of hydrogen-bond donors (Lipinski definition) is 1. The van der Waals surface area contributed by atoms with E-state index in [2.05, 4.69) is 24.4 Å². The van der Waals surface area contributed by atoms with Gasteiger partial charge in [-0.3, -0.25) is 0 Å². The van der Waals surface area contributed by atoms with Gasteiger partial charge in [-0.05, 0) is 47.4 Å². The number of ether oxygens (including phenoxy) is 1. The summed E-state index contributed by atoms with van der Waals surface area (Å²) in [5.41, 5.74) is 3.87. The van der Waals surface area contributed by atoms with Crippen LogP contribution in [-0.2, 0) is 11.2 Å². The molecule has 0 aliphatic carbocycles. The maximum atomic E-state index is 9.50. The van der Waals surface area contributed by atoms with Crippen LogP contribution >= 0.6 is 0 Å². The molecule has 1 N–H and O–H groups in total. The Morgan fingerprint density at radius 2 is 2.05 bits per heavy atom. The van der Waals surface area contributed by atoms with Crippen LogP contribution in [0.3, 0.4) is 0 Å². The first-order valence-corrected chi connectivity index (χ1v) is 6.93. The van der Waals surface area contributed by atoms with Gasteiger partial charge in [0.1, 0.15) is 5.75 Å². The van der Waals surface area contributed by atoms with Crippen molar-refractivity contribution in [2.24, 2.45) is 0 Å². The van der Waals surface area contributed by atoms with Gasteiger partial charge in [0, 0.05) is 13.0 Å². The number of fused-ring (bicyclic) bond motifs is 1. The predicted octanol–water partition coefficient (Wildman–Crippen LogP) is 3.98. The van der Waals surface area contributed by atoms with Crippen LogP contribution in [0.2, 0.25) is 0 Å². The Labute approximate surface area is 119 Å². The van der Waals surface area contributed by atoms with E-state index in [9.17, 15) is 5.11 Å². The summed E-state index contributed by atoms with van der Waals surface area (Å²) >= 11 is 0. The molecular weight excluding hydrogens is 248 g/mol. The molecule has 20 heavy (non-hydrogen) atoms. The predicted molar refractivity (Wildman–Crippen MR) is 80.9 cm³/mol. The van der Waals surface area contributed by atoms with E-state index < -0.39 is 0 Å². The van der Waals surface area contributed by atoms with Crippen molar-refractivity contribution in [3.05, 3.63) is 60.3 Å². The van der Waals surface area contributed by atoms with Crippen molar-refractivity contribution < 1.29 is 9.84 Å². The molecule has 102 valence electrons. The summed E-state index contributed by atoms with van der Waals surface area (Å²) in [6.07, 6.45) is 4.90. The molecule has 1 atom stereocenters. The van der Waals surface area contributed by atoms with E-state index >= 15 is 0 Å². The fourth-order valence-electron chi connectivity index (χ4n) is 2.95. The monoisotopic (exact) mass is 266 g/mol. The third-order valence-corrected chi connectivity index (χ3v) is 3.89. The molecule has 1 unspecified atom stereocenters. The van der Waals surface area contributed by atoms with Crippen molar-refractivity contribution in [3.63, 3.8) is 0 Å². The summed E-state index contributed by atoms with van der Waals surface area (Å²) in [6.45, 7) is 4.49. The van der Waals surface area contributed by atoms with E-state index in [-0.39, 0.29) is 5.60 Å². The number of hydrogen-bond acceptors (Lipinski definition) is 2. The maximum Gasteiger partial charge on any atom is 0.116 e. The van der Waals surface area contributed by atoms with Gasteiger partial charge in [0.25, 0.3) is 0 Å². The second kappa shape index (κ2) is 5.16. The summed E-state index contributed by atoms with van der Waals surface area (Å²) in [4.78, 5) is 0. The fraction of sp³-hybridized carbons (Fsp3) is 0.278. The third-order valence-electron chi connectivity index (χ3n) is 3.89. The Morgan fingerprint density at radius 3 is 2.80 bits per heavy atom. The van der Waals surface area contributed by atoms with Gasteiger partial charge in [0.05, 0.1) is 5.60 Å². The molecule has 1 saturated heterocycles. The molecule has 2 nitrogen and oxygen atoms in total. The number of benzene rings is 2. The molecule has 1 heterocycles. The summed E-state index contributed by atoms with van der Waals surface area (Å²) in [5.74, 6) is 0.301. The molecule has 1 aliphatic rings. The lowest BCUT2D eigenvalue weighted by Gasteiger charge is -2.24. The van der Waals surface area contributed by atoms with Gasteiger partial charge in [-0.25, -0.2) is 0 Å². The van der Waals surface area contributed by atoms with Crippen molar-refractivity contribution >= 4 is 10.8 Å². The van der Waals surface area contributed by atoms with Crippen molar-refractivity contribution in [1.29, 1.82) is 0 Å². The molecule has 3 rings (SSSR count). The zero-order chi connectivity index (χ0) is 14.0. The summed E-state index contributed by atoms with van der Waals surface area (Å²) in [5, 5.41) is 11.7. The van der Waals surface area contributed by atoms with Gasteiger partial charge < -0.3 is 9.84 Å². The Hall–Kier alpha value is -2.02. The van der Waals surface area contributed by atoms with E-state index in [1.54, 1.807) is 12.1 Å². The number of phenolic OH excluding ortho intramolecular Hbond substituents is 1. The van der Waals surface area contributed by atoms with Crippen LogP contribution in [0.1, 0.15) is 18.4 Å². The van der Waals surface area contributed by atoms with Crippen LogP contribution in [0.5, 0.6) is 5.75 Å². The van der Waals surface area contributed by atoms with Gasteiger partial charge in [0.2, 0.25) is 0 Å².